The van der Waals surface area contributed by atoms with Gasteiger partial charge in [-0.3, -0.25) is 4.79 Å². The van der Waals surface area contributed by atoms with Crippen LogP contribution in [0.25, 0.3) is 0 Å². The highest BCUT2D eigenvalue weighted by Gasteiger charge is 2.27. The van der Waals surface area contributed by atoms with E-state index >= 15 is 0 Å². The SMILES string of the molecule is CC1CC(O)CN1c1csc(C=O)c1. The predicted molar refractivity (Wildman–Crippen MR) is 57.1 cm³/mol. The number of rotatable bonds is 2. The molecular formula is C10H13NO2S. The summed E-state index contributed by atoms with van der Waals surface area (Å²) in [7, 11) is 0. The summed E-state index contributed by atoms with van der Waals surface area (Å²) in [6, 6.07) is 2.24. The quantitative estimate of drug-likeness (QED) is 0.754. The highest BCUT2D eigenvalue weighted by atomic mass is 32.1. The van der Waals surface area contributed by atoms with E-state index in [4.69, 9.17) is 0 Å². The van der Waals surface area contributed by atoms with E-state index in [0.717, 1.165) is 23.3 Å². The van der Waals surface area contributed by atoms with Crippen molar-refractivity contribution >= 4 is 23.3 Å². The van der Waals surface area contributed by atoms with E-state index in [1.807, 2.05) is 11.4 Å². The summed E-state index contributed by atoms with van der Waals surface area (Å²) < 4.78 is 0. The molecule has 76 valence electrons. The second-order valence-electron chi connectivity index (χ2n) is 3.72. The van der Waals surface area contributed by atoms with Crippen LogP contribution in [0.4, 0.5) is 5.69 Å². The molecule has 1 aromatic heterocycles. The van der Waals surface area contributed by atoms with Gasteiger partial charge in [-0.1, -0.05) is 0 Å². The van der Waals surface area contributed by atoms with E-state index < -0.39 is 0 Å². The zero-order chi connectivity index (χ0) is 10.1. The fourth-order valence-corrected chi connectivity index (χ4v) is 2.62. The number of aliphatic hydroxyl groups excluding tert-OH is 1. The minimum absolute atomic E-state index is 0.232. The molecule has 0 saturated carbocycles. The Kier molecular flexibility index (Phi) is 2.56. The first kappa shape index (κ1) is 9.68. The van der Waals surface area contributed by atoms with Crippen LogP contribution in [-0.4, -0.2) is 30.1 Å². The van der Waals surface area contributed by atoms with Crippen LogP contribution in [0.1, 0.15) is 23.0 Å². The average molecular weight is 211 g/mol. The lowest BCUT2D eigenvalue weighted by atomic mass is 10.2. The Morgan fingerprint density at radius 2 is 2.50 bits per heavy atom. The molecule has 0 aromatic carbocycles. The Balaban J connectivity index is 2.18. The minimum Gasteiger partial charge on any atom is -0.391 e. The molecule has 0 bridgehead atoms. The highest BCUT2D eigenvalue weighted by Crippen LogP contribution is 2.29. The lowest BCUT2D eigenvalue weighted by Gasteiger charge is -2.21. The molecule has 14 heavy (non-hydrogen) atoms. The predicted octanol–water partition coefficient (Wildman–Crippen LogP) is 1.52. The van der Waals surface area contributed by atoms with Gasteiger partial charge in [0.05, 0.1) is 11.0 Å². The van der Waals surface area contributed by atoms with Crippen molar-refractivity contribution in [2.45, 2.75) is 25.5 Å². The maximum atomic E-state index is 10.5. The van der Waals surface area contributed by atoms with Gasteiger partial charge in [0.2, 0.25) is 0 Å². The van der Waals surface area contributed by atoms with Crippen molar-refractivity contribution in [2.24, 2.45) is 0 Å². The van der Waals surface area contributed by atoms with Gasteiger partial charge in [0, 0.05) is 23.7 Å². The number of carbonyl (C=O) groups excluding carboxylic acids is 1. The van der Waals surface area contributed by atoms with Crippen LogP contribution < -0.4 is 4.90 Å². The summed E-state index contributed by atoms with van der Waals surface area (Å²) in [5, 5.41) is 11.5. The highest BCUT2D eigenvalue weighted by molar-refractivity contribution is 7.12. The summed E-state index contributed by atoms with van der Waals surface area (Å²) >= 11 is 1.45. The number of β-amino-alcohol motifs (C(OH)–C–C–N with tert-alkyl or cyclic N) is 1. The molecular weight excluding hydrogens is 198 g/mol. The van der Waals surface area contributed by atoms with Crippen LogP contribution in [0.5, 0.6) is 0 Å². The summed E-state index contributed by atoms with van der Waals surface area (Å²) in [5.41, 5.74) is 1.06. The second kappa shape index (κ2) is 3.71. The maximum Gasteiger partial charge on any atom is 0.160 e. The van der Waals surface area contributed by atoms with Crippen LogP contribution in [0.3, 0.4) is 0 Å². The molecule has 1 aromatic rings. The van der Waals surface area contributed by atoms with Crippen molar-refractivity contribution in [3.8, 4) is 0 Å². The third-order valence-electron chi connectivity index (χ3n) is 2.61. The van der Waals surface area contributed by atoms with Gasteiger partial charge in [0.15, 0.2) is 6.29 Å². The van der Waals surface area contributed by atoms with Crippen molar-refractivity contribution < 1.29 is 9.90 Å². The van der Waals surface area contributed by atoms with Crippen LogP contribution in [0, 0.1) is 0 Å². The summed E-state index contributed by atoms with van der Waals surface area (Å²) in [5.74, 6) is 0. The molecule has 1 N–H and O–H groups in total. The van der Waals surface area contributed by atoms with Crippen LogP contribution in [-0.2, 0) is 0 Å². The summed E-state index contributed by atoms with van der Waals surface area (Å²) in [4.78, 5) is 13.4. The van der Waals surface area contributed by atoms with Crippen molar-refractivity contribution in [1.82, 2.24) is 0 Å². The number of thiophene rings is 1. The van der Waals surface area contributed by atoms with Crippen molar-refractivity contribution in [3.63, 3.8) is 0 Å². The van der Waals surface area contributed by atoms with E-state index in [-0.39, 0.29) is 6.10 Å². The molecule has 2 heterocycles. The molecule has 1 saturated heterocycles. The Morgan fingerprint density at radius 1 is 1.71 bits per heavy atom. The van der Waals surface area contributed by atoms with E-state index in [0.29, 0.717) is 12.6 Å². The summed E-state index contributed by atoms with van der Waals surface area (Å²) in [6.45, 7) is 2.77. The number of nitrogens with zero attached hydrogens (tertiary/aromatic N) is 1. The van der Waals surface area contributed by atoms with Gasteiger partial charge in [-0.25, -0.2) is 0 Å². The van der Waals surface area contributed by atoms with Gasteiger partial charge < -0.3 is 10.0 Å². The molecule has 1 aliphatic rings. The van der Waals surface area contributed by atoms with Gasteiger partial charge in [-0.15, -0.1) is 11.3 Å². The molecule has 1 fully saturated rings. The molecule has 4 heteroatoms. The van der Waals surface area contributed by atoms with E-state index in [1.165, 1.54) is 11.3 Å². The molecule has 0 aliphatic carbocycles. The topological polar surface area (TPSA) is 40.5 Å². The Morgan fingerprint density at radius 3 is 3.00 bits per heavy atom. The molecule has 0 radical (unpaired) electrons. The van der Waals surface area contributed by atoms with E-state index in [9.17, 15) is 9.90 Å². The lowest BCUT2D eigenvalue weighted by molar-refractivity contribution is 0.112. The van der Waals surface area contributed by atoms with Crippen molar-refractivity contribution in [3.05, 3.63) is 16.3 Å². The number of aliphatic hydroxyl groups is 1. The number of aldehydes is 1. The van der Waals surface area contributed by atoms with E-state index in [2.05, 4.69) is 11.8 Å². The standard InChI is InChI=1S/C10H13NO2S/c1-7-2-9(13)4-11(7)8-3-10(5-12)14-6-8/h3,5-7,9,13H,2,4H2,1H3. The van der Waals surface area contributed by atoms with Gasteiger partial charge in [0.25, 0.3) is 0 Å². The third-order valence-corrected chi connectivity index (χ3v) is 3.45. The Hall–Kier alpha value is -0.870. The van der Waals surface area contributed by atoms with Crippen molar-refractivity contribution in [1.29, 1.82) is 0 Å². The maximum absolute atomic E-state index is 10.5. The zero-order valence-corrected chi connectivity index (χ0v) is 8.83. The Bertz CT molecular complexity index is 337. The largest absolute Gasteiger partial charge is 0.391 e. The lowest BCUT2D eigenvalue weighted by Crippen LogP contribution is -2.26. The number of hydrogen-bond acceptors (Lipinski definition) is 4. The van der Waals surface area contributed by atoms with E-state index in [1.54, 1.807) is 0 Å². The Labute approximate surface area is 87.0 Å². The molecule has 1 aliphatic heterocycles. The molecule has 2 rings (SSSR count). The molecule has 2 unspecified atom stereocenters. The number of anilines is 1. The average Bonchev–Trinajstić information content (AvgIpc) is 2.71. The molecule has 3 nitrogen and oxygen atoms in total. The second-order valence-corrected chi connectivity index (χ2v) is 4.66. The first-order valence-corrected chi connectivity index (χ1v) is 5.57. The summed E-state index contributed by atoms with van der Waals surface area (Å²) in [6.07, 6.45) is 1.45. The van der Waals surface area contributed by atoms with Gasteiger partial charge in [-0.05, 0) is 19.4 Å². The first-order valence-electron chi connectivity index (χ1n) is 4.69. The molecule has 0 amide bonds. The van der Waals surface area contributed by atoms with Gasteiger partial charge >= 0.3 is 0 Å². The smallest absolute Gasteiger partial charge is 0.160 e. The third kappa shape index (κ3) is 1.67. The van der Waals surface area contributed by atoms with Crippen LogP contribution in [0.15, 0.2) is 11.4 Å². The fraction of sp³-hybridized carbons (Fsp3) is 0.500. The monoisotopic (exact) mass is 211 g/mol. The fourth-order valence-electron chi connectivity index (χ4n) is 1.92. The number of carbonyl (C=O) groups is 1. The number of hydrogen-bond donors (Lipinski definition) is 1. The van der Waals surface area contributed by atoms with Gasteiger partial charge in [0.1, 0.15) is 0 Å². The van der Waals surface area contributed by atoms with Crippen LogP contribution >= 0.6 is 11.3 Å². The first-order chi connectivity index (χ1) is 6.70. The van der Waals surface area contributed by atoms with Crippen molar-refractivity contribution in [2.75, 3.05) is 11.4 Å². The zero-order valence-electron chi connectivity index (χ0n) is 8.01. The van der Waals surface area contributed by atoms with Crippen LogP contribution in [0.2, 0.25) is 0 Å². The normalized spacial score (nSPS) is 26.9. The van der Waals surface area contributed by atoms with Gasteiger partial charge in [-0.2, -0.15) is 0 Å². The molecule has 0 spiro atoms. The molecule has 2 atom stereocenters. The minimum atomic E-state index is -0.232.